The first-order valence-corrected chi connectivity index (χ1v) is 6.70. The van der Waals surface area contributed by atoms with E-state index in [2.05, 4.69) is 15.0 Å². The number of hydrogen-bond acceptors (Lipinski definition) is 5. The van der Waals surface area contributed by atoms with E-state index in [0.717, 1.165) is 17.5 Å². The van der Waals surface area contributed by atoms with Gasteiger partial charge in [-0.3, -0.25) is 4.79 Å². The van der Waals surface area contributed by atoms with Crippen molar-refractivity contribution in [3.05, 3.63) is 5.56 Å². The Balaban J connectivity index is 2.02. The zero-order valence-electron chi connectivity index (χ0n) is 9.95. The molecule has 1 fully saturated rings. The summed E-state index contributed by atoms with van der Waals surface area (Å²) in [7, 11) is 1.60. The van der Waals surface area contributed by atoms with Crippen molar-refractivity contribution in [2.75, 3.05) is 24.6 Å². The van der Waals surface area contributed by atoms with E-state index in [1.165, 1.54) is 37.2 Å². The van der Waals surface area contributed by atoms with Crippen molar-refractivity contribution < 1.29 is 4.79 Å². The lowest BCUT2D eigenvalue weighted by Crippen LogP contribution is -2.21. The molecular weight excluding hydrogens is 236 g/mol. The molecule has 1 aliphatic carbocycles. The molecule has 1 aliphatic rings. The van der Waals surface area contributed by atoms with Crippen molar-refractivity contribution in [3.63, 3.8) is 0 Å². The summed E-state index contributed by atoms with van der Waals surface area (Å²) >= 11 is 1.26. The highest BCUT2D eigenvalue weighted by Gasteiger charge is 2.20. The molecule has 0 unspecified atom stereocenters. The number of carbonyl (C=O) groups excluding carboxylic acids is 1. The van der Waals surface area contributed by atoms with E-state index in [-0.39, 0.29) is 5.91 Å². The second kappa shape index (κ2) is 5.35. The first-order valence-electron chi connectivity index (χ1n) is 5.93. The average Bonchev–Trinajstić information content (AvgIpc) is 2.95. The number of anilines is 2. The third-order valence-corrected chi connectivity index (χ3v) is 4.02. The normalized spacial score (nSPS) is 16.1. The van der Waals surface area contributed by atoms with Gasteiger partial charge in [0.05, 0.1) is 0 Å². The van der Waals surface area contributed by atoms with Gasteiger partial charge in [-0.25, -0.2) is 0 Å². The zero-order chi connectivity index (χ0) is 12.3. The smallest absolute Gasteiger partial charge is 0.257 e. The van der Waals surface area contributed by atoms with E-state index in [9.17, 15) is 4.79 Å². The third-order valence-electron chi connectivity index (χ3n) is 3.20. The maximum atomic E-state index is 11.6. The van der Waals surface area contributed by atoms with Crippen molar-refractivity contribution >= 4 is 28.3 Å². The van der Waals surface area contributed by atoms with Crippen LogP contribution < -0.4 is 16.4 Å². The second-order valence-electron chi connectivity index (χ2n) is 4.38. The van der Waals surface area contributed by atoms with Crippen LogP contribution >= 0.6 is 11.5 Å². The first kappa shape index (κ1) is 12.2. The zero-order valence-corrected chi connectivity index (χ0v) is 10.8. The largest absolute Gasteiger partial charge is 0.382 e. The first-order chi connectivity index (χ1) is 8.22. The van der Waals surface area contributed by atoms with Crippen LogP contribution in [0.3, 0.4) is 0 Å². The minimum absolute atomic E-state index is 0.176. The minimum atomic E-state index is -0.176. The van der Waals surface area contributed by atoms with Crippen LogP contribution in [0.2, 0.25) is 0 Å². The van der Waals surface area contributed by atoms with Gasteiger partial charge in [0.25, 0.3) is 5.91 Å². The van der Waals surface area contributed by atoms with Crippen molar-refractivity contribution in [1.29, 1.82) is 0 Å². The Morgan fingerprint density at radius 3 is 2.88 bits per heavy atom. The Hall–Kier alpha value is -1.30. The molecule has 4 N–H and O–H groups in total. The standard InChI is InChI=1S/C11H18N4OS/c1-13-10(16)8-9(12)15-17-11(8)14-6-7-4-2-3-5-7/h7,14H,2-6H2,1H3,(H2,12,15)(H,13,16). The van der Waals surface area contributed by atoms with E-state index in [4.69, 9.17) is 5.73 Å². The molecule has 0 spiro atoms. The van der Waals surface area contributed by atoms with Crippen LogP contribution in [0.5, 0.6) is 0 Å². The Bertz CT molecular complexity index is 398. The molecule has 6 heteroatoms. The molecule has 1 aromatic heterocycles. The molecule has 0 aromatic carbocycles. The van der Waals surface area contributed by atoms with Gasteiger partial charge in [0.15, 0.2) is 5.82 Å². The Morgan fingerprint density at radius 1 is 1.53 bits per heavy atom. The number of nitrogens with one attached hydrogen (secondary N) is 2. The molecule has 2 rings (SSSR count). The summed E-state index contributed by atoms with van der Waals surface area (Å²) in [5, 5.41) is 6.68. The van der Waals surface area contributed by atoms with Crippen molar-refractivity contribution in [1.82, 2.24) is 9.69 Å². The number of amides is 1. The number of carbonyl (C=O) groups is 1. The SMILES string of the molecule is CNC(=O)c1c(N)nsc1NCC1CCCC1. The average molecular weight is 254 g/mol. The fourth-order valence-corrected chi connectivity index (χ4v) is 2.94. The van der Waals surface area contributed by atoms with Gasteiger partial charge in [-0.15, -0.1) is 0 Å². The summed E-state index contributed by atoms with van der Waals surface area (Å²) in [5.41, 5.74) is 6.18. The molecule has 0 aliphatic heterocycles. The fourth-order valence-electron chi connectivity index (χ4n) is 2.22. The van der Waals surface area contributed by atoms with Crippen LogP contribution in [0.25, 0.3) is 0 Å². The molecule has 0 radical (unpaired) electrons. The molecule has 1 saturated carbocycles. The van der Waals surface area contributed by atoms with E-state index in [0.29, 0.717) is 11.4 Å². The van der Waals surface area contributed by atoms with Crippen molar-refractivity contribution in [2.24, 2.45) is 5.92 Å². The number of nitrogen functional groups attached to an aromatic ring is 1. The van der Waals surface area contributed by atoms with E-state index < -0.39 is 0 Å². The molecule has 1 aromatic rings. The molecule has 1 heterocycles. The van der Waals surface area contributed by atoms with E-state index in [1.54, 1.807) is 7.05 Å². The molecular formula is C11H18N4OS. The summed E-state index contributed by atoms with van der Waals surface area (Å²) in [6.45, 7) is 0.908. The number of nitrogens with two attached hydrogens (primary N) is 1. The van der Waals surface area contributed by atoms with Crippen LogP contribution in [0.1, 0.15) is 36.0 Å². The lowest BCUT2D eigenvalue weighted by molar-refractivity contribution is 0.0965. The third kappa shape index (κ3) is 2.69. The van der Waals surface area contributed by atoms with E-state index in [1.807, 2.05) is 0 Å². The summed E-state index contributed by atoms with van der Waals surface area (Å²) in [5.74, 6) is 0.851. The number of rotatable bonds is 4. The monoisotopic (exact) mass is 254 g/mol. The predicted molar refractivity (Wildman–Crippen MR) is 70.4 cm³/mol. The quantitative estimate of drug-likeness (QED) is 0.764. The topological polar surface area (TPSA) is 80.0 Å². The highest BCUT2D eigenvalue weighted by atomic mass is 32.1. The van der Waals surface area contributed by atoms with Crippen LogP contribution in [-0.2, 0) is 0 Å². The second-order valence-corrected chi connectivity index (χ2v) is 5.16. The maximum absolute atomic E-state index is 11.6. The number of nitrogens with zero attached hydrogens (tertiary/aromatic N) is 1. The van der Waals surface area contributed by atoms with Crippen LogP contribution in [0.4, 0.5) is 10.8 Å². The van der Waals surface area contributed by atoms with Crippen molar-refractivity contribution in [3.8, 4) is 0 Å². The molecule has 0 saturated heterocycles. The van der Waals surface area contributed by atoms with Gasteiger partial charge in [-0.2, -0.15) is 4.37 Å². The number of aromatic nitrogens is 1. The summed E-state index contributed by atoms with van der Waals surface area (Å²) in [6, 6.07) is 0. The Labute approximate surface area is 105 Å². The van der Waals surface area contributed by atoms with Gasteiger partial charge >= 0.3 is 0 Å². The molecule has 5 nitrogen and oxygen atoms in total. The maximum Gasteiger partial charge on any atom is 0.257 e. The molecule has 1 amide bonds. The molecule has 0 atom stereocenters. The highest BCUT2D eigenvalue weighted by molar-refractivity contribution is 7.11. The van der Waals surface area contributed by atoms with Crippen molar-refractivity contribution in [2.45, 2.75) is 25.7 Å². The molecule has 94 valence electrons. The predicted octanol–water partition coefficient (Wildman–Crippen LogP) is 1.69. The van der Waals surface area contributed by atoms with Gasteiger partial charge in [-0.05, 0) is 30.3 Å². The fraction of sp³-hybridized carbons (Fsp3) is 0.636. The van der Waals surface area contributed by atoms with Gasteiger partial charge in [0.1, 0.15) is 10.6 Å². The van der Waals surface area contributed by atoms with Crippen LogP contribution in [0.15, 0.2) is 0 Å². The van der Waals surface area contributed by atoms with Crippen LogP contribution in [0, 0.1) is 5.92 Å². The van der Waals surface area contributed by atoms with Gasteiger partial charge < -0.3 is 16.4 Å². The lowest BCUT2D eigenvalue weighted by Gasteiger charge is -2.11. The summed E-state index contributed by atoms with van der Waals surface area (Å²) in [6.07, 6.45) is 5.19. The number of hydrogen-bond donors (Lipinski definition) is 3. The summed E-state index contributed by atoms with van der Waals surface area (Å²) in [4.78, 5) is 11.6. The van der Waals surface area contributed by atoms with Gasteiger partial charge in [-0.1, -0.05) is 12.8 Å². The Kier molecular flexibility index (Phi) is 3.83. The minimum Gasteiger partial charge on any atom is -0.382 e. The van der Waals surface area contributed by atoms with E-state index >= 15 is 0 Å². The van der Waals surface area contributed by atoms with Gasteiger partial charge in [0.2, 0.25) is 0 Å². The highest BCUT2D eigenvalue weighted by Crippen LogP contribution is 2.29. The van der Waals surface area contributed by atoms with Crippen LogP contribution in [-0.4, -0.2) is 23.9 Å². The summed E-state index contributed by atoms with van der Waals surface area (Å²) < 4.78 is 4.03. The molecule has 17 heavy (non-hydrogen) atoms. The van der Waals surface area contributed by atoms with Gasteiger partial charge in [0, 0.05) is 13.6 Å². The lowest BCUT2D eigenvalue weighted by atomic mass is 10.1. The Morgan fingerprint density at radius 2 is 2.24 bits per heavy atom. The molecule has 0 bridgehead atoms.